The van der Waals surface area contributed by atoms with Crippen LogP contribution in [0.15, 0.2) is 60.9 Å². The van der Waals surface area contributed by atoms with Crippen LogP contribution in [0.5, 0.6) is 5.75 Å². The molecule has 0 unspecified atom stereocenters. The number of thiol groups is 1. The maximum absolute atomic E-state index is 13.3. The molecule has 1 aromatic carbocycles. The van der Waals surface area contributed by atoms with E-state index in [0.717, 1.165) is 6.20 Å². The number of aromatic nitrogens is 4. The van der Waals surface area contributed by atoms with Gasteiger partial charge in [0.25, 0.3) is 0 Å². The summed E-state index contributed by atoms with van der Waals surface area (Å²) < 4.78 is 60.4. The number of carbonyl (C=O) groups excluding carboxylic acids is 1. The van der Waals surface area contributed by atoms with Crippen molar-refractivity contribution in [2.75, 3.05) is 12.4 Å². The minimum atomic E-state index is -4.48. The van der Waals surface area contributed by atoms with Crippen molar-refractivity contribution >= 4 is 30.7 Å². The van der Waals surface area contributed by atoms with E-state index in [1.165, 1.54) is 37.4 Å². The van der Waals surface area contributed by atoms with Gasteiger partial charge in [-0.15, -0.1) is 12.8 Å². The van der Waals surface area contributed by atoms with Crippen LogP contribution in [0.25, 0.3) is 11.3 Å². The second-order valence-electron chi connectivity index (χ2n) is 9.52. The summed E-state index contributed by atoms with van der Waals surface area (Å²) in [6.07, 6.45) is -2.46. The molecule has 42 heavy (non-hydrogen) atoms. The van der Waals surface area contributed by atoms with Gasteiger partial charge in [-0.3, -0.25) is 14.9 Å². The van der Waals surface area contributed by atoms with Crippen LogP contribution in [0.1, 0.15) is 42.4 Å². The average molecular weight is 608 g/mol. The number of nitrogens with one attached hydrogen (secondary N) is 1. The summed E-state index contributed by atoms with van der Waals surface area (Å²) in [6, 6.07) is 12.0. The molecule has 4 rings (SSSR count). The largest absolute Gasteiger partial charge is 0.487 e. The molecule has 0 saturated heterocycles. The maximum Gasteiger partial charge on any atom is 0.393 e. The molecule has 3 aromatic heterocycles. The van der Waals surface area contributed by atoms with Gasteiger partial charge in [0.15, 0.2) is 6.29 Å². The highest BCUT2D eigenvalue weighted by atomic mass is 32.1. The van der Waals surface area contributed by atoms with E-state index in [0.29, 0.717) is 29.2 Å². The fraction of sp³-hybridized carbons (Fsp3) is 0.286. The van der Waals surface area contributed by atoms with Crippen LogP contribution >= 0.6 is 12.8 Å². The second-order valence-corrected chi connectivity index (χ2v) is 9.52. The lowest BCUT2D eigenvalue weighted by Gasteiger charge is -2.22. The lowest BCUT2D eigenvalue weighted by molar-refractivity contribution is -0.127. The number of nitrogens with zero attached hydrogens (tertiary/aromatic N) is 4. The number of nitrogens with two attached hydrogens (primary N) is 2. The predicted octanol–water partition coefficient (Wildman–Crippen LogP) is 5.84. The molecule has 0 saturated carbocycles. The van der Waals surface area contributed by atoms with Gasteiger partial charge in [-0.05, 0) is 58.2 Å². The molecule has 5 N–H and O–H groups in total. The highest BCUT2D eigenvalue weighted by molar-refractivity contribution is 7.77. The van der Waals surface area contributed by atoms with Crippen molar-refractivity contribution in [2.45, 2.75) is 45.5 Å². The standard InChI is InChI=1S/C27H25F4N5O2.CH5N.H3NS/c1-26(2,3)36-25(34-23-6-4-5-11-32-23)21(15-37)24(35-36)17-7-8-18(13-27(29,30)31)22(12-17)38-16-20-10-9-19(28)14-33-20;2*1-2/h4-12,14-15H,13,16H2,1-3H3,(H,32,34);2H2,1H3;2H,1H2. The topological polar surface area (TPSA) is 134 Å². The molecular weight excluding hydrogens is 574 g/mol. The Balaban J connectivity index is 0.00000148. The summed E-state index contributed by atoms with van der Waals surface area (Å²) in [5.74, 6) is 0.286. The Hall–Kier alpha value is -4.01. The lowest BCUT2D eigenvalue weighted by Crippen LogP contribution is -2.24. The van der Waals surface area contributed by atoms with Crippen molar-refractivity contribution in [3.8, 4) is 17.0 Å². The van der Waals surface area contributed by atoms with Crippen molar-refractivity contribution in [3.05, 3.63) is 83.6 Å². The van der Waals surface area contributed by atoms with Gasteiger partial charge in [-0.2, -0.15) is 18.3 Å². The minimum absolute atomic E-state index is 0.0488. The number of benzene rings is 1. The van der Waals surface area contributed by atoms with E-state index in [1.807, 2.05) is 20.8 Å². The molecule has 0 radical (unpaired) electrons. The smallest absolute Gasteiger partial charge is 0.393 e. The van der Waals surface area contributed by atoms with Gasteiger partial charge in [0, 0.05) is 17.3 Å². The first-order chi connectivity index (χ1) is 19.9. The molecule has 0 aliphatic carbocycles. The molecule has 0 aliphatic rings. The summed E-state index contributed by atoms with van der Waals surface area (Å²) in [7, 11) is 1.50. The van der Waals surface area contributed by atoms with E-state index >= 15 is 0 Å². The molecule has 14 heteroatoms. The van der Waals surface area contributed by atoms with E-state index < -0.39 is 24.0 Å². The monoisotopic (exact) mass is 607 g/mol. The lowest BCUT2D eigenvalue weighted by atomic mass is 10.0. The highest BCUT2D eigenvalue weighted by Crippen LogP contribution is 2.37. The van der Waals surface area contributed by atoms with Gasteiger partial charge >= 0.3 is 6.18 Å². The molecule has 4 aromatic rings. The number of aldehydes is 1. The van der Waals surface area contributed by atoms with Gasteiger partial charge in [-0.1, -0.05) is 18.2 Å². The summed E-state index contributed by atoms with van der Waals surface area (Å²) >= 11 is 3.03. The third-order valence-corrected chi connectivity index (χ3v) is 5.48. The van der Waals surface area contributed by atoms with Gasteiger partial charge < -0.3 is 15.8 Å². The minimum Gasteiger partial charge on any atom is -0.487 e. The van der Waals surface area contributed by atoms with E-state index in [9.17, 15) is 22.4 Å². The number of pyridine rings is 2. The Bertz CT molecular complexity index is 1430. The third kappa shape index (κ3) is 9.26. The molecule has 0 aliphatic heterocycles. The molecule has 3 heterocycles. The van der Waals surface area contributed by atoms with E-state index in [4.69, 9.17) is 4.74 Å². The first-order valence-electron chi connectivity index (χ1n) is 12.5. The Kier molecular flexibility index (Phi) is 12.4. The molecule has 0 bridgehead atoms. The van der Waals surface area contributed by atoms with Gasteiger partial charge in [0.2, 0.25) is 0 Å². The molecule has 0 amide bonds. The molecule has 226 valence electrons. The number of alkyl halides is 3. The quantitative estimate of drug-likeness (QED) is 0.112. The Labute approximate surface area is 246 Å². The first kappa shape index (κ1) is 34.2. The number of hydrogen-bond acceptors (Lipinski definition) is 9. The Morgan fingerprint density at radius 3 is 2.31 bits per heavy atom. The zero-order chi connectivity index (χ0) is 31.5. The van der Waals surface area contributed by atoms with Crippen LogP contribution in [0.3, 0.4) is 0 Å². The van der Waals surface area contributed by atoms with Crippen molar-refractivity contribution in [2.24, 2.45) is 10.9 Å². The molecule has 0 fully saturated rings. The maximum atomic E-state index is 13.3. The molecule has 0 atom stereocenters. The zero-order valence-corrected chi connectivity index (χ0v) is 24.4. The van der Waals surface area contributed by atoms with Crippen LogP contribution in [0.2, 0.25) is 0 Å². The summed E-state index contributed by atoms with van der Waals surface area (Å²) in [5.41, 5.74) is 5.03. The van der Waals surface area contributed by atoms with Crippen molar-refractivity contribution in [1.82, 2.24) is 19.7 Å². The second kappa shape index (κ2) is 15.3. The van der Waals surface area contributed by atoms with E-state index in [-0.39, 0.29) is 29.2 Å². The number of ether oxygens (including phenoxy) is 1. The summed E-state index contributed by atoms with van der Waals surface area (Å²) in [5, 5.41) is 12.0. The summed E-state index contributed by atoms with van der Waals surface area (Å²) in [6.45, 7) is 5.52. The number of carbonyl (C=O) groups is 1. The van der Waals surface area contributed by atoms with Crippen LogP contribution in [0, 0.1) is 5.82 Å². The normalized spacial score (nSPS) is 11.0. The summed E-state index contributed by atoms with van der Waals surface area (Å²) in [4.78, 5) is 20.4. The number of anilines is 2. The third-order valence-electron chi connectivity index (χ3n) is 5.48. The van der Waals surface area contributed by atoms with Crippen molar-refractivity contribution in [3.63, 3.8) is 0 Å². The van der Waals surface area contributed by atoms with Gasteiger partial charge in [0.1, 0.15) is 35.5 Å². The van der Waals surface area contributed by atoms with Crippen LogP contribution in [-0.4, -0.2) is 39.3 Å². The van der Waals surface area contributed by atoms with Crippen LogP contribution in [0.4, 0.5) is 29.2 Å². The van der Waals surface area contributed by atoms with E-state index in [1.54, 1.807) is 29.1 Å². The van der Waals surface area contributed by atoms with E-state index in [2.05, 4.69) is 44.1 Å². The van der Waals surface area contributed by atoms with Crippen LogP contribution < -0.4 is 20.9 Å². The molecule has 9 nitrogen and oxygen atoms in total. The fourth-order valence-electron chi connectivity index (χ4n) is 3.76. The molecule has 0 spiro atoms. The number of rotatable bonds is 8. The fourth-order valence-corrected chi connectivity index (χ4v) is 3.76. The van der Waals surface area contributed by atoms with Crippen molar-refractivity contribution in [1.29, 1.82) is 0 Å². The zero-order valence-electron chi connectivity index (χ0n) is 23.5. The SMILES string of the molecule is CC(C)(C)n1nc(-c2ccc(CC(F)(F)F)c(OCc3ccc(F)cn3)c2)c(C=O)c1Nc1ccccn1.CN.NS. The Morgan fingerprint density at radius 2 is 1.76 bits per heavy atom. The van der Waals surface area contributed by atoms with Crippen molar-refractivity contribution < 1.29 is 27.1 Å². The first-order valence-corrected chi connectivity index (χ1v) is 13.0. The molecular formula is C28H33F4N7O2S. The predicted molar refractivity (Wildman–Crippen MR) is 157 cm³/mol. The van der Waals surface area contributed by atoms with Gasteiger partial charge in [0.05, 0.1) is 29.4 Å². The average Bonchev–Trinajstić information content (AvgIpc) is 3.34. The highest BCUT2D eigenvalue weighted by Gasteiger charge is 2.31. The number of halogens is 4. The Morgan fingerprint density at radius 1 is 1.05 bits per heavy atom. The number of hydrogen-bond donors (Lipinski definition) is 4. The van der Waals surface area contributed by atoms with Gasteiger partial charge in [-0.25, -0.2) is 14.1 Å². The van der Waals surface area contributed by atoms with Crippen LogP contribution in [-0.2, 0) is 18.6 Å².